The average Bonchev–Trinajstić information content (AvgIpc) is 2.36. The smallest absolute Gasteiger partial charge is 0.142 e. The van der Waals surface area contributed by atoms with Crippen molar-refractivity contribution in [2.45, 2.75) is 26.7 Å². The molecule has 0 saturated carbocycles. The first-order valence-corrected chi connectivity index (χ1v) is 7.94. The maximum atomic E-state index is 11.7. The van der Waals surface area contributed by atoms with Gasteiger partial charge in [-0.05, 0) is 24.5 Å². The van der Waals surface area contributed by atoms with Gasteiger partial charge in [0.05, 0.1) is 12.3 Å². The highest BCUT2D eigenvalue weighted by Crippen LogP contribution is 2.19. The van der Waals surface area contributed by atoms with Crippen LogP contribution in [-0.2, 0) is 10.8 Å². The Balaban J connectivity index is 2.19. The van der Waals surface area contributed by atoms with E-state index < -0.39 is 10.8 Å². The highest BCUT2D eigenvalue weighted by atomic mass is 32.2. The van der Waals surface area contributed by atoms with Crippen LogP contribution < -0.4 is 10.5 Å². The number of benzene rings is 1. The molecule has 2 unspecified atom stereocenters. The minimum absolute atomic E-state index is 0.538. The van der Waals surface area contributed by atoms with Crippen LogP contribution in [0.5, 0.6) is 5.75 Å². The van der Waals surface area contributed by atoms with Gasteiger partial charge in [0.1, 0.15) is 5.75 Å². The van der Waals surface area contributed by atoms with Crippen LogP contribution in [0, 0.1) is 5.92 Å². The molecule has 0 aliphatic rings. The first-order valence-electron chi connectivity index (χ1n) is 6.45. The number of hydrogen-bond donors (Lipinski definition) is 1. The summed E-state index contributed by atoms with van der Waals surface area (Å²) in [7, 11) is -0.724. The van der Waals surface area contributed by atoms with E-state index in [9.17, 15) is 4.21 Å². The van der Waals surface area contributed by atoms with Gasteiger partial charge in [-0.15, -0.1) is 0 Å². The largest absolute Gasteiger partial charge is 0.491 e. The molecule has 1 aromatic carbocycles. The fraction of sp³-hybridized carbons (Fsp3) is 0.571. The molecule has 2 N–H and O–H groups in total. The van der Waals surface area contributed by atoms with Gasteiger partial charge >= 0.3 is 0 Å². The molecule has 0 spiro atoms. The summed E-state index contributed by atoms with van der Waals surface area (Å²) in [5, 5.41) is 0. The summed E-state index contributed by atoms with van der Waals surface area (Å²) >= 11 is 0. The fourth-order valence-corrected chi connectivity index (χ4v) is 3.01. The van der Waals surface area contributed by atoms with Crippen LogP contribution in [0.25, 0.3) is 0 Å². The number of para-hydroxylation sites is 2. The van der Waals surface area contributed by atoms with Crippen molar-refractivity contribution in [2.24, 2.45) is 5.92 Å². The topological polar surface area (TPSA) is 52.3 Å². The van der Waals surface area contributed by atoms with E-state index in [0.29, 0.717) is 29.7 Å². The Morgan fingerprint density at radius 3 is 2.78 bits per heavy atom. The third-order valence-corrected chi connectivity index (χ3v) is 4.55. The summed E-state index contributed by atoms with van der Waals surface area (Å²) in [5.74, 6) is 2.75. The summed E-state index contributed by atoms with van der Waals surface area (Å²) < 4.78 is 17.3. The highest BCUT2D eigenvalue weighted by Gasteiger charge is 2.06. The maximum absolute atomic E-state index is 11.7. The minimum Gasteiger partial charge on any atom is -0.491 e. The second-order valence-corrected chi connectivity index (χ2v) is 6.19. The van der Waals surface area contributed by atoms with Crippen molar-refractivity contribution in [3.63, 3.8) is 0 Å². The second kappa shape index (κ2) is 8.14. The molecular weight excluding hydrogens is 246 g/mol. The van der Waals surface area contributed by atoms with E-state index in [1.807, 2.05) is 24.3 Å². The normalized spacial score (nSPS) is 14.1. The van der Waals surface area contributed by atoms with Crippen molar-refractivity contribution in [3.8, 4) is 5.75 Å². The molecule has 4 heteroatoms. The molecule has 18 heavy (non-hydrogen) atoms. The Labute approximate surface area is 112 Å². The predicted octanol–water partition coefficient (Wildman–Crippen LogP) is 2.83. The van der Waals surface area contributed by atoms with E-state index >= 15 is 0 Å². The van der Waals surface area contributed by atoms with Crippen LogP contribution in [0.1, 0.15) is 26.7 Å². The molecule has 0 fully saturated rings. The number of anilines is 1. The number of rotatable bonds is 8. The summed E-state index contributed by atoms with van der Waals surface area (Å²) in [6.45, 7) is 4.84. The summed E-state index contributed by atoms with van der Waals surface area (Å²) in [6, 6.07) is 7.44. The highest BCUT2D eigenvalue weighted by molar-refractivity contribution is 7.84. The van der Waals surface area contributed by atoms with Gasteiger partial charge in [0, 0.05) is 22.3 Å². The molecule has 0 aromatic heterocycles. The third kappa shape index (κ3) is 5.54. The zero-order chi connectivity index (χ0) is 13.4. The maximum Gasteiger partial charge on any atom is 0.142 e. The quantitative estimate of drug-likeness (QED) is 0.583. The Morgan fingerprint density at radius 1 is 1.39 bits per heavy atom. The molecule has 2 atom stereocenters. The molecule has 1 aromatic rings. The zero-order valence-corrected chi connectivity index (χ0v) is 12.0. The van der Waals surface area contributed by atoms with E-state index in [1.165, 1.54) is 0 Å². The van der Waals surface area contributed by atoms with E-state index in [4.69, 9.17) is 10.5 Å². The molecule has 1 rings (SSSR count). The molecule has 0 amide bonds. The van der Waals surface area contributed by atoms with Crippen molar-refractivity contribution in [3.05, 3.63) is 24.3 Å². The fourth-order valence-electron chi connectivity index (χ4n) is 1.53. The van der Waals surface area contributed by atoms with Crippen LogP contribution in [0.2, 0.25) is 0 Å². The van der Waals surface area contributed by atoms with Gasteiger partial charge < -0.3 is 10.5 Å². The second-order valence-electron chi connectivity index (χ2n) is 4.56. The van der Waals surface area contributed by atoms with Gasteiger partial charge in [-0.25, -0.2) is 0 Å². The molecule has 3 nitrogen and oxygen atoms in total. The third-order valence-electron chi connectivity index (χ3n) is 2.86. The number of ether oxygens (including phenoxy) is 1. The Kier molecular flexibility index (Phi) is 6.80. The molecule has 102 valence electrons. The Morgan fingerprint density at radius 2 is 2.11 bits per heavy atom. The summed E-state index contributed by atoms with van der Waals surface area (Å²) in [4.78, 5) is 0. The standard InChI is InChI=1S/C14H23NO2S/c1-3-12(2)11-18(16)10-6-9-17-14-8-5-4-7-13(14)15/h4-5,7-8,12H,3,6,9-11,15H2,1-2H3. The van der Waals surface area contributed by atoms with Crippen molar-refractivity contribution >= 4 is 16.5 Å². The van der Waals surface area contributed by atoms with Crippen LogP contribution in [0.4, 0.5) is 5.69 Å². The lowest BCUT2D eigenvalue weighted by molar-refractivity contribution is 0.320. The molecule has 0 aliphatic heterocycles. The Bertz CT molecular complexity index is 382. The van der Waals surface area contributed by atoms with Crippen LogP contribution >= 0.6 is 0 Å². The van der Waals surface area contributed by atoms with Gasteiger partial charge in [0.2, 0.25) is 0 Å². The first-order chi connectivity index (χ1) is 8.63. The number of hydrogen-bond acceptors (Lipinski definition) is 3. The lowest BCUT2D eigenvalue weighted by Gasteiger charge is -2.10. The van der Waals surface area contributed by atoms with Crippen molar-refractivity contribution in [1.29, 1.82) is 0 Å². The lowest BCUT2D eigenvalue weighted by atomic mass is 10.2. The summed E-state index contributed by atoms with van der Waals surface area (Å²) in [6.07, 6.45) is 1.89. The molecular formula is C14H23NO2S. The van der Waals surface area contributed by atoms with E-state index in [2.05, 4.69) is 13.8 Å². The SMILES string of the molecule is CCC(C)CS(=O)CCCOc1ccccc1N. The van der Waals surface area contributed by atoms with Crippen LogP contribution in [0.15, 0.2) is 24.3 Å². The first kappa shape index (κ1) is 15.0. The van der Waals surface area contributed by atoms with Crippen molar-refractivity contribution in [1.82, 2.24) is 0 Å². The van der Waals surface area contributed by atoms with E-state index in [0.717, 1.165) is 18.6 Å². The molecule has 0 bridgehead atoms. The van der Waals surface area contributed by atoms with Gasteiger partial charge in [-0.1, -0.05) is 32.4 Å². The van der Waals surface area contributed by atoms with E-state index in [-0.39, 0.29) is 0 Å². The average molecular weight is 269 g/mol. The van der Waals surface area contributed by atoms with Gasteiger partial charge in [-0.3, -0.25) is 4.21 Å². The van der Waals surface area contributed by atoms with Crippen LogP contribution in [-0.4, -0.2) is 22.3 Å². The lowest BCUT2D eigenvalue weighted by Crippen LogP contribution is -2.12. The van der Waals surface area contributed by atoms with E-state index in [1.54, 1.807) is 0 Å². The minimum atomic E-state index is -0.724. The van der Waals surface area contributed by atoms with Gasteiger partial charge in [0.15, 0.2) is 0 Å². The molecule has 0 aliphatic carbocycles. The number of nitrogen functional groups attached to an aromatic ring is 1. The predicted molar refractivity (Wildman–Crippen MR) is 78.3 cm³/mol. The zero-order valence-electron chi connectivity index (χ0n) is 11.2. The molecule has 0 heterocycles. The van der Waals surface area contributed by atoms with Crippen LogP contribution in [0.3, 0.4) is 0 Å². The molecule has 0 saturated heterocycles. The summed E-state index contributed by atoms with van der Waals surface area (Å²) in [5.41, 5.74) is 6.41. The van der Waals surface area contributed by atoms with Crippen molar-refractivity contribution in [2.75, 3.05) is 23.8 Å². The number of nitrogens with two attached hydrogens (primary N) is 1. The monoisotopic (exact) mass is 269 g/mol. The molecule has 0 radical (unpaired) electrons. The van der Waals surface area contributed by atoms with Gasteiger partial charge in [0.25, 0.3) is 0 Å². The van der Waals surface area contributed by atoms with Crippen molar-refractivity contribution < 1.29 is 8.95 Å². The Hall–Kier alpha value is -1.03. The van der Waals surface area contributed by atoms with Gasteiger partial charge in [-0.2, -0.15) is 0 Å².